The maximum atomic E-state index is 11.3. The molecule has 1 heterocycles. The van der Waals surface area contributed by atoms with Gasteiger partial charge in [0.1, 0.15) is 0 Å². The van der Waals surface area contributed by atoms with Crippen LogP contribution in [0.3, 0.4) is 0 Å². The lowest BCUT2D eigenvalue weighted by atomic mass is 10.3. The molecule has 3 N–H and O–H groups in total. The van der Waals surface area contributed by atoms with Crippen LogP contribution in [-0.2, 0) is 23.1 Å². The SMILES string of the molecule is CCCn1cncc1CNc1ccc(S(N)(=O)=O)cc1Br. The van der Waals surface area contributed by atoms with E-state index in [2.05, 4.69) is 37.7 Å². The van der Waals surface area contributed by atoms with Gasteiger partial charge >= 0.3 is 0 Å². The van der Waals surface area contributed by atoms with Crippen LogP contribution in [0.25, 0.3) is 0 Å². The topological polar surface area (TPSA) is 90.0 Å². The average Bonchev–Trinajstić information content (AvgIpc) is 2.84. The van der Waals surface area contributed by atoms with Crippen LogP contribution in [0, 0.1) is 0 Å². The largest absolute Gasteiger partial charge is 0.378 e. The number of sulfonamides is 1. The van der Waals surface area contributed by atoms with Gasteiger partial charge in [-0.15, -0.1) is 0 Å². The van der Waals surface area contributed by atoms with Crippen LogP contribution < -0.4 is 10.5 Å². The Morgan fingerprint density at radius 2 is 2.19 bits per heavy atom. The lowest BCUT2D eigenvalue weighted by Gasteiger charge is -2.11. The van der Waals surface area contributed by atoms with Gasteiger partial charge in [-0.2, -0.15) is 0 Å². The normalized spacial score (nSPS) is 11.6. The van der Waals surface area contributed by atoms with Gasteiger partial charge in [-0.25, -0.2) is 18.5 Å². The highest BCUT2D eigenvalue weighted by Gasteiger charge is 2.10. The molecule has 0 aliphatic heterocycles. The van der Waals surface area contributed by atoms with Crippen molar-refractivity contribution in [3.05, 3.63) is 40.9 Å². The first-order valence-electron chi connectivity index (χ1n) is 6.47. The number of aryl methyl sites for hydroxylation is 1. The van der Waals surface area contributed by atoms with E-state index in [0.29, 0.717) is 11.0 Å². The first kappa shape index (κ1) is 16.0. The van der Waals surface area contributed by atoms with E-state index in [9.17, 15) is 8.42 Å². The predicted molar refractivity (Wildman–Crippen MR) is 85.4 cm³/mol. The molecular weight excluding hydrogens is 356 g/mol. The molecule has 0 saturated carbocycles. The summed E-state index contributed by atoms with van der Waals surface area (Å²) in [6, 6.07) is 4.65. The van der Waals surface area contributed by atoms with Crippen molar-refractivity contribution in [1.29, 1.82) is 0 Å². The molecule has 8 heteroatoms. The summed E-state index contributed by atoms with van der Waals surface area (Å²) in [5, 5.41) is 8.35. The molecule has 0 bridgehead atoms. The van der Waals surface area contributed by atoms with E-state index in [1.54, 1.807) is 12.4 Å². The molecule has 6 nitrogen and oxygen atoms in total. The van der Waals surface area contributed by atoms with Gasteiger partial charge in [-0.05, 0) is 40.5 Å². The molecule has 114 valence electrons. The number of imidazole rings is 1. The summed E-state index contributed by atoms with van der Waals surface area (Å²) in [5.41, 5.74) is 1.87. The van der Waals surface area contributed by atoms with Crippen molar-refractivity contribution >= 4 is 31.6 Å². The van der Waals surface area contributed by atoms with Gasteiger partial charge < -0.3 is 9.88 Å². The molecule has 0 unspecified atom stereocenters. The first-order valence-corrected chi connectivity index (χ1v) is 8.81. The number of hydrogen-bond acceptors (Lipinski definition) is 4. The maximum absolute atomic E-state index is 11.3. The molecule has 1 aromatic carbocycles. The Kier molecular flexibility index (Phi) is 5.02. The Balaban J connectivity index is 2.12. The van der Waals surface area contributed by atoms with Gasteiger partial charge in [0.15, 0.2) is 0 Å². The molecule has 0 atom stereocenters. The zero-order valence-electron chi connectivity index (χ0n) is 11.6. The fraction of sp³-hybridized carbons (Fsp3) is 0.308. The number of aromatic nitrogens is 2. The number of benzene rings is 1. The van der Waals surface area contributed by atoms with Crippen LogP contribution in [0.1, 0.15) is 19.0 Å². The summed E-state index contributed by atoms with van der Waals surface area (Å²) in [7, 11) is -3.69. The number of nitrogens with one attached hydrogen (secondary N) is 1. The Morgan fingerprint density at radius 1 is 1.43 bits per heavy atom. The van der Waals surface area contributed by atoms with E-state index in [0.717, 1.165) is 24.3 Å². The van der Waals surface area contributed by atoms with E-state index in [1.807, 2.05) is 6.20 Å². The molecular formula is C13H17BrN4O2S. The second-order valence-electron chi connectivity index (χ2n) is 4.62. The summed E-state index contributed by atoms with van der Waals surface area (Å²) in [6.45, 7) is 3.63. The Bertz CT molecular complexity index is 728. The molecule has 1 aromatic heterocycles. The van der Waals surface area contributed by atoms with Crippen molar-refractivity contribution in [3.8, 4) is 0 Å². The molecule has 0 amide bonds. The summed E-state index contributed by atoms with van der Waals surface area (Å²) < 4.78 is 25.3. The fourth-order valence-electron chi connectivity index (χ4n) is 1.94. The second-order valence-corrected chi connectivity index (χ2v) is 7.03. The van der Waals surface area contributed by atoms with Crippen LogP contribution in [0.4, 0.5) is 5.69 Å². The summed E-state index contributed by atoms with van der Waals surface area (Å²) in [6.07, 6.45) is 4.66. The maximum Gasteiger partial charge on any atom is 0.238 e. The van der Waals surface area contributed by atoms with Gasteiger partial charge in [0.2, 0.25) is 10.0 Å². The first-order chi connectivity index (χ1) is 9.91. The van der Waals surface area contributed by atoms with Crippen molar-refractivity contribution in [1.82, 2.24) is 9.55 Å². The van der Waals surface area contributed by atoms with Gasteiger partial charge in [0.25, 0.3) is 0 Å². The number of halogens is 1. The highest BCUT2D eigenvalue weighted by atomic mass is 79.9. The van der Waals surface area contributed by atoms with E-state index in [1.165, 1.54) is 12.1 Å². The summed E-state index contributed by atoms with van der Waals surface area (Å²) >= 11 is 3.35. The second kappa shape index (κ2) is 6.59. The zero-order valence-corrected chi connectivity index (χ0v) is 14.0. The number of nitrogens with zero attached hydrogens (tertiary/aromatic N) is 2. The van der Waals surface area contributed by atoms with Gasteiger partial charge in [-0.3, -0.25) is 0 Å². The number of anilines is 1. The number of rotatable bonds is 6. The average molecular weight is 373 g/mol. The summed E-state index contributed by atoms with van der Waals surface area (Å²) in [4.78, 5) is 4.22. The van der Waals surface area contributed by atoms with Gasteiger partial charge in [0.05, 0.1) is 23.5 Å². The van der Waals surface area contributed by atoms with Crippen LogP contribution in [0.2, 0.25) is 0 Å². The third kappa shape index (κ3) is 4.05. The molecule has 0 fully saturated rings. The van der Waals surface area contributed by atoms with Crippen LogP contribution >= 0.6 is 15.9 Å². The Labute approximate surface area is 132 Å². The van der Waals surface area contributed by atoms with E-state index in [4.69, 9.17) is 5.14 Å². The highest BCUT2D eigenvalue weighted by molar-refractivity contribution is 9.10. The molecule has 0 saturated heterocycles. The minimum Gasteiger partial charge on any atom is -0.378 e. The molecule has 2 rings (SSSR count). The van der Waals surface area contributed by atoms with Crippen molar-refractivity contribution in [2.24, 2.45) is 5.14 Å². The number of primary sulfonamides is 1. The quantitative estimate of drug-likeness (QED) is 0.813. The van der Waals surface area contributed by atoms with E-state index >= 15 is 0 Å². The number of nitrogens with two attached hydrogens (primary N) is 1. The number of hydrogen-bond donors (Lipinski definition) is 2. The third-order valence-corrected chi connectivity index (χ3v) is 4.56. The van der Waals surface area contributed by atoms with Crippen LogP contribution in [0.15, 0.2) is 40.1 Å². The van der Waals surface area contributed by atoms with Crippen molar-refractivity contribution < 1.29 is 8.42 Å². The predicted octanol–water partition coefficient (Wildman–Crippen LogP) is 2.32. The molecule has 0 spiro atoms. The third-order valence-electron chi connectivity index (χ3n) is 2.99. The van der Waals surface area contributed by atoms with E-state index < -0.39 is 10.0 Å². The van der Waals surface area contributed by atoms with Crippen molar-refractivity contribution in [2.45, 2.75) is 31.3 Å². The summed E-state index contributed by atoms with van der Waals surface area (Å²) in [5.74, 6) is 0. The van der Waals surface area contributed by atoms with Crippen LogP contribution in [-0.4, -0.2) is 18.0 Å². The van der Waals surface area contributed by atoms with Crippen LogP contribution in [0.5, 0.6) is 0 Å². The smallest absolute Gasteiger partial charge is 0.238 e. The Hall–Kier alpha value is -1.38. The lowest BCUT2D eigenvalue weighted by molar-refractivity contribution is 0.598. The minimum absolute atomic E-state index is 0.0796. The highest BCUT2D eigenvalue weighted by Crippen LogP contribution is 2.25. The molecule has 0 aliphatic carbocycles. The molecule has 21 heavy (non-hydrogen) atoms. The Morgan fingerprint density at radius 3 is 2.81 bits per heavy atom. The van der Waals surface area contributed by atoms with Crippen molar-refractivity contribution in [2.75, 3.05) is 5.32 Å². The van der Waals surface area contributed by atoms with Crippen molar-refractivity contribution in [3.63, 3.8) is 0 Å². The molecule has 0 aliphatic rings. The van der Waals surface area contributed by atoms with Gasteiger partial charge in [-0.1, -0.05) is 6.92 Å². The van der Waals surface area contributed by atoms with E-state index in [-0.39, 0.29) is 4.90 Å². The lowest BCUT2D eigenvalue weighted by Crippen LogP contribution is -2.12. The zero-order chi connectivity index (χ0) is 15.5. The monoisotopic (exact) mass is 372 g/mol. The fourth-order valence-corrected chi connectivity index (χ4v) is 3.15. The minimum atomic E-state index is -3.69. The van der Waals surface area contributed by atoms with Gasteiger partial charge in [0, 0.05) is 22.9 Å². The molecule has 0 radical (unpaired) electrons. The standard InChI is InChI=1S/C13H17BrN4O2S/c1-2-5-18-9-16-7-10(18)8-17-13-4-3-11(6-12(13)14)21(15,19)20/h3-4,6-7,9,17H,2,5,8H2,1H3,(H2,15,19,20). The molecule has 2 aromatic rings.